The van der Waals surface area contributed by atoms with E-state index in [4.69, 9.17) is 19.9 Å². The van der Waals surface area contributed by atoms with Crippen molar-refractivity contribution in [2.45, 2.75) is 107 Å². The first-order chi connectivity index (χ1) is 24.5. The molecule has 16 heteroatoms. The topological polar surface area (TPSA) is 167 Å². The van der Waals surface area contributed by atoms with Gasteiger partial charge in [0, 0.05) is 29.9 Å². The van der Waals surface area contributed by atoms with E-state index >= 15 is 0 Å². The molecule has 0 spiro atoms. The smallest absolute Gasteiger partial charge is 0.422 e. The number of methoxy groups -OCH3 is 1. The number of allylic oxidation sites excluding steroid dienone is 2. The average Bonchev–Trinajstić information content (AvgIpc) is 3.96. The highest BCUT2D eigenvalue weighted by molar-refractivity contribution is 7.91. The summed E-state index contributed by atoms with van der Waals surface area (Å²) in [6, 6.07) is 2.62. The van der Waals surface area contributed by atoms with Crippen molar-refractivity contribution in [1.29, 1.82) is 0 Å². The highest BCUT2D eigenvalue weighted by atomic mass is 32.2. The molecule has 284 valence electrons. The average molecular weight is 751 g/mol. The number of hydrogen-bond donors (Lipinski definition) is 2. The maximum Gasteiger partial charge on any atom is 0.422 e. The van der Waals surface area contributed by atoms with E-state index in [0.29, 0.717) is 42.4 Å². The van der Waals surface area contributed by atoms with Crippen molar-refractivity contribution in [1.82, 2.24) is 14.6 Å². The van der Waals surface area contributed by atoms with Crippen LogP contribution in [0.4, 0.5) is 13.2 Å². The Morgan fingerprint density at radius 1 is 1.15 bits per heavy atom. The van der Waals surface area contributed by atoms with Crippen LogP contribution >= 0.6 is 0 Å². The Hall–Kier alpha value is -3.92. The molecule has 0 bridgehead atoms. The van der Waals surface area contributed by atoms with Gasteiger partial charge in [-0.2, -0.15) is 13.2 Å². The number of benzene rings is 1. The monoisotopic (exact) mass is 750 g/mol. The minimum atomic E-state index is -4.62. The van der Waals surface area contributed by atoms with Gasteiger partial charge in [0.25, 0.3) is 0 Å². The van der Waals surface area contributed by atoms with Gasteiger partial charge in [-0.05, 0) is 70.4 Å². The maximum atomic E-state index is 14.3. The standard InChI is InChI=1S/C36H45F3N4O8S/c1-21-28(49-3)12-11-24-29(16-30(41-31(21)24)50-20-36(37,38)39)51-23-15-26-27(44)18-35(33(46)42-52(47,48)34(2)13-14-34)17-22(35)9-7-5-4-6-8-10-25(40)32(45)43(26)19-23/h7,9,11-12,16,22-23,25-26H,4-6,8,10,13-15,17-20,40H2,1-3H3,(H,42,46)/b9-7-/t22-,23-,25+,26+,35-/m1/s1. The van der Waals surface area contributed by atoms with Gasteiger partial charge in [-0.3, -0.25) is 19.1 Å². The van der Waals surface area contributed by atoms with E-state index in [-0.39, 0.29) is 48.9 Å². The fourth-order valence-corrected chi connectivity index (χ4v) is 8.60. The van der Waals surface area contributed by atoms with Crippen molar-refractivity contribution in [3.63, 3.8) is 0 Å². The number of ketones is 1. The number of aromatic nitrogens is 1. The molecule has 2 amide bonds. The van der Waals surface area contributed by atoms with Crippen molar-refractivity contribution in [2.75, 3.05) is 20.3 Å². The molecule has 1 aromatic heterocycles. The van der Waals surface area contributed by atoms with Crippen LogP contribution < -0.4 is 24.7 Å². The van der Waals surface area contributed by atoms with E-state index in [0.717, 1.165) is 19.3 Å². The number of Topliss-reactive ketones (excluding diaryl/α,β-unsaturated/α-hetero) is 1. The fraction of sp³-hybridized carbons (Fsp3) is 0.611. The maximum absolute atomic E-state index is 14.3. The van der Waals surface area contributed by atoms with Crippen LogP contribution in [0.5, 0.6) is 17.4 Å². The number of alkyl halides is 3. The number of sulfonamides is 1. The van der Waals surface area contributed by atoms with Crippen molar-refractivity contribution in [3.8, 4) is 17.4 Å². The SMILES string of the molecule is COc1ccc2c(O[C@@H]3C[C@H]4C(=O)C[C@]5(C(=O)NS(=O)(=O)C6(C)CC6)C[C@H]5/C=C\CCCCC[C@H](N)C(=O)N4C3)cc(OCC(F)(F)F)nc2c1C. The van der Waals surface area contributed by atoms with E-state index in [9.17, 15) is 36.0 Å². The van der Waals surface area contributed by atoms with Crippen LogP contribution in [-0.4, -0.2) is 85.3 Å². The summed E-state index contributed by atoms with van der Waals surface area (Å²) < 4.78 is 83.4. The number of amides is 2. The first-order valence-corrected chi connectivity index (χ1v) is 19.1. The second-order valence-corrected chi connectivity index (χ2v) is 17.0. The second-order valence-electron chi connectivity index (χ2n) is 14.8. The van der Waals surface area contributed by atoms with Gasteiger partial charge in [-0.15, -0.1) is 0 Å². The van der Waals surface area contributed by atoms with Gasteiger partial charge in [0.15, 0.2) is 12.4 Å². The Morgan fingerprint density at radius 3 is 2.60 bits per heavy atom. The second kappa shape index (κ2) is 14.1. The van der Waals surface area contributed by atoms with Gasteiger partial charge in [0.1, 0.15) is 17.6 Å². The lowest BCUT2D eigenvalue weighted by Gasteiger charge is -2.27. The predicted octanol–water partition coefficient (Wildman–Crippen LogP) is 4.65. The molecule has 1 aromatic carbocycles. The van der Waals surface area contributed by atoms with Gasteiger partial charge in [-0.25, -0.2) is 13.4 Å². The summed E-state index contributed by atoms with van der Waals surface area (Å²) in [6.45, 7) is 1.63. The molecule has 2 saturated carbocycles. The largest absolute Gasteiger partial charge is 0.496 e. The molecular formula is C36H45F3N4O8S. The summed E-state index contributed by atoms with van der Waals surface area (Å²) in [7, 11) is -2.52. The Labute approximate surface area is 300 Å². The summed E-state index contributed by atoms with van der Waals surface area (Å²) in [6.07, 6.45) is 2.72. The first kappa shape index (κ1) is 37.8. The number of hydrogen-bond acceptors (Lipinski definition) is 10. The molecule has 3 fully saturated rings. The summed E-state index contributed by atoms with van der Waals surface area (Å²) >= 11 is 0. The van der Waals surface area contributed by atoms with Crippen LogP contribution in [0.1, 0.15) is 76.7 Å². The molecule has 2 aliphatic heterocycles. The Bertz CT molecular complexity index is 1880. The molecular weight excluding hydrogens is 705 g/mol. The van der Waals surface area contributed by atoms with E-state index in [1.807, 2.05) is 12.2 Å². The van der Waals surface area contributed by atoms with Crippen LogP contribution in [0.2, 0.25) is 0 Å². The molecule has 3 N–H and O–H groups in total. The van der Waals surface area contributed by atoms with Crippen molar-refractivity contribution < 1.29 is 50.2 Å². The third kappa shape index (κ3) is 7.73. The number of nitrogens with two attached hydrogens (primary N) is 1. The quantitative estimate of drug-likeness (QED) is 0.363. The molecule has 4 aliphatic rings. The number of halogens is 3. The Balaban J connectivity index is 1.31. The molecule has 2 aromatic rings. The molecule has 0 radical (unpaired) electrons. The van der Waals surface area contributed by atoms with Crippen LogP contribution in [0.15, 0.2) is 30.4 Å². The first-order valence-electron chi connectivity index (χ1n) is 17.6. The van der Waals surface area contributed by atoms with Crippen LogP contribution in [0.3, 0.4) is 0 Å². The van der Waals surface area contributed by atoms with E-state index in [2.05, 4.69) is 9.71 Å². The number of fused-ring (bicyclic) bond motifs is 3. The van der Waals surface area contributed by atoms with E-state index in [1.165, 1.54) is 18.1 Å². The number of pyridine rings is 1. The zero-order valence-corrected chi connectivity index (χ0v) is 30.3. The lowest BCUT2D eigenvalue weighted by atomic mass is 9.91. The molecule has 6 rings (SSSR count). The molecule has 0 unspecified atom stereocenters. The number of ether oxygens (including phenoxy) is 3. The van der Waals surface area contributed by atoms with Gasteiger partial charge in [0.05, 0.1) is 41.4 Å². The molecule has 1 saturated heterocycles. The summed E-state index contributed by atoms with van der Waals surface area (Å²) in [5.74, 6) is -1.74. The van der Waals surface area contributed by atoms with E-state index in [1.54, 1.807) is 26.0 Å². The molecule has 5 atom stereocenters. The molecule has 52 heavy (non-hydrogen) atoms. The Kier molecular flexibility index (Phi) is 10.3. The van der Waals surface area contributed by atoms with E-state index < -0.39 is 68.8 Å². The van der Waals surface area contributed by atoms with Gasteiger partial charge < -0.3 is 24.8 Å². The zero-order chi connectivity index (χ0) is 37.6. The number of carbonyl (C=O) groups excluding carboxylic acids is 3. The van der Waals surface area contributed by atoms with Gasteiger partial charge in [-0.1, -0.05) is 25.0 Å². The number of carbonyl (C=O) groups is 3. The normalized spacial score (nSPS) is 28.6. The van der Waals surface area contributed by atoms with Crippen molar-refractivity contribution >= 4 is 38.5 Å². The third-order valence-corrected chi connectivity index (χ3v) is 13.1. The molecule has 3 heterocycles. The lowest BCUT2D eigenvalue weighted by Crippen LogP contribution is -2.50. The highest BCUT2D eigenvalue weighted by Crippen LogP contribution is 2.57. The minimum Gasteiger partial charge on any atom is -0.496 e. The third-order valence-electron chi connectivity index (χ3n) is 10.9. The van der Waals surface area contributed by atoms with Crippen molar-refractivity contribution in [3.05, 3.63) is 35.9 Å². The Morgan fingerprint density at radius 2 is 1.90 bits per heavy atom. The number of nitrogens with zero attached hydrogens (tertiary/aromatic N) is 2. The van der Waals surface area contributed by atoms with Crippen LogP contribution in [0, 0.1) is 18.3 Å². The predicted molar refractivity (Wildman–Crippen MR) is 184 cm³/mol. The van der Waals surface area contributed by atoms with Gasteiger partial charge >= 0.3 is 6.18 Å². The minimum absolute atomic E-state index is 0.00353. The van der Waals surface area contributed by atoms with Crippen LogP contribution in [-0.2, 0) is 24.4 Å². The molecule has 2 aliphatic carbocycles. The number of aryl methyl sites for hydroxylation is 1. The van der Waals surface area contributed by atoms with Crippen LogP contribution in [0.25, 0.3) is 10.9 Å². The highest BCUT2D eigenvalue weighted by Gasteiger charge is 2.62. The summed E-state index contributed by atoms with van der Waals surface area (Å²) in [5, 5.41) is 0.449. The molecule has 12 nitrogen and oxygen atoms in total. The number of rotatable bonds is 8. The fourth-order valence-electron chi connectivity index (χ4n) is 7.27. The number of nitrogens with one attached hydrogen (secondary N) is 1. The summed E-state index contributed by atoms with van der Waals surface area (Å²) in [5.41, 5.74) is 5.89. The lowest BCUT2D eigenvalue weighted by molar-refractivity contribution is -0.154. The summed E-state index contributed by atoms with van der Waals surface area (Å²) in [4.78, 5) is 47.5. The van der Waals surface area contributed by atoms with Crippen molar-refractivity contribution in [2.24, 2.45) is 17.1 Å². The zero-order valence-electron chi connectivity index (χ0n) is 29.5. The van der Waals surface area contributed by atoms with Gasteiger partial charge in [0.2, 0.25) is 27.7 Å².